The number of Topliss-reactive ketones (excluding diaryl/α,β-unsaturated/α-hetero) is 1. The number of hydrogen-bond donors (Lipinski definition) is 0. The molecule has 0 bridgehead atoms. The summed E-state index contributed by atoms with van der Waals surface area (Å²) in [5.74, 6) is 1.29. The Morgan fingerprint density at radius 3 is 2.38 bits per heavy atom. The molecule has 0 fully saturated rings. The van der Waals surface area contributed by atoms with E-state index in [9.17, 15) is 4.79 Å². The molecule has 5 heteroatoms. The predicted octanol–water partition coefficient (Wildman–Crippen LogP) is 4.69. The number of nitrogens with zero attached hydrogens (tertiary/aromatic N) is 3. The molecule has 1 heterocycles. The summed E-state index contributed by atoms with van der Waals surface area (Å²) in [6, 6.07) is 12.2. The second-order valence-corrected chi connectivity index (χ2v) is 7.59. The van der Waals surface area contributed by atoms with E-state index in [0.717, 1.165) is 38.8 Å². The molecule has 0 amide bonds. The van der Waals surface area contributed by atoms with Gasteiger partial charge in [-0.3, -0.25) is 4.79 Å². The maximum atomic E-state index is 12.7. The highest BCUT2D eigenvalue weighted by molar-refractivity contribution is 7.99. The van der Waals surface area contributed by atoms with Crippen LogP contribution in [-0.2, 0) is 7.05 Å². The first-order valence-corrected chi connectivity index (χ1v) is 9.56. The fourth-order valence-electron chi connectivity index (χ4n) is 2.97. The van der Waals surface area contributed by atoms with E-state index in [1.54, 1.807) is 0 Å². The topological polar surface area (TPSA) is 47.8 Å². The molecular weight excluding hydrogens is 342 g/mol. The van der Waals surface area contributed by atoms with Gasteiger partial charge in [-0.25, -0.2) is 0 Å². The number of carbonyl (C=O) groups excluding carboxylic acids is 1. The van der Waals surface area contributed by atoms with Crippen molar-refractivity contribution in [3.8, 4) is 11.4 Å². The van der Waals surface area contributed by atoms with Crippen LogP contribution in [-0.4, -0.2) is 26.3 Å². The molecule has 134 valence electrons. The fraction of sp³-hybridized carbons (Fsp3) is 0.286. The number of thioether (sulfide) groups is 1. The maximum Gasteiger partial charge on any atom is 0.191 e. The Morgan fingerprint density at radius 1 is 0.962 bits per heavy atom. The molecule has 0 aliphatic carbocycles. The van der Waals surface area contributed by atoms with Gasteiger partial charge in [-0.15, -0.1) is 10.2 Å². The van der Waals surface area contributed by atoms with Crippen molar-refractivity contribution in [1.29, 1.82) is 0 Å². The Labute approximate surface area is 158 Å². The van der Waals surface area contributed by atoms with Crippen LogP contribution in [0.2, 0.25) is 0 Å². The number of carbonyl (C=O) groups is 1. The minimum Gasteiger partial charge on any atom is -0.305 e. The van der Waals surface area contributed by atoms with Gasteiger partial charge in [0.1, 0.15) is 0 Å². The van der Waals surface area contributed by atoms with Gasteiger partial charge in [0.2, 0.25) is 0 Å². The molecule has 0 aliphatic rings. The standard InChI is InChI=1S/C21H23N3OS/c1-13-8-6-7-9-17(13)20-22-23-21(24(20)5)26-12-19(25)18-11-15(3)14(2)10-16(18)4/h6-11H,12H2,1-5H3. The average Bonchev–Trinajstić information content (AvgIpc) is 2.97. The monoisotopic (exact) mass is 365 g/mol. The van der Waals surface area contributed by atoms with E-state index in [1.165, 1.54) is 17.3 Å². The van der Waals surface area contributed by atoms with E-state index in [1.807, 2.05) is 49.7 Å². The first kappa shape index (κ1) is 18.4. The Morgan fingerprint density at radius 2 is 1.65 bits per heavy atom. The average molecular weight is 366 g/mol. The van der Waals surface area contributed by atoms with Gasteiger partial charge in [-0.2, -0.15) is 0 Å². The smallest absolute Gasteiger partial charge is 0.191 e. The van der Waals surface area contributed by atoms with Crippen molar-refractivity contribution in [3.05, 3.63) is 64.2 Å². The lowest BCUT2D eigenvalue weighted by atomic mass is 9.99. The molecule has 0 spiro atoms. The predicted molar refractivity (Wildman–Crippen MR) is 107 cm³/mol. The summed E-state index contributed by atoms with van der Waals surface area (Å²) in [4.78, 5) is 12.7. The molecule has 1 aromatic heterocycles. The van der Waals surface area contributed by atoms with Gasteiger partial charge < -0.3 is 4.57 Å². The summed E-state index contributed by atoms with van der Waals surface area (Å²) >= 11 is 1.43. The Kier molecular flexibility index (Phi) is 5.28. The van der Waals surface area contributed by atoms with Crippen molar-refractivity contribution in [2.75, 3.05) is 5.75 Å². The Hall–Kier alpha value is -2.40. The third kappa shape index (κ3) is 3.58. The van der Waals surface area contributed by atoms with Crippen LogP contribution in [0.5, 0.6) is 0 Å². The highest BCUT2D eigenvalue weighted by Crippen LogP contribution is 2.26. The second-order valence-electron chi connectivity index (χ2n) is 6.64. The molecule has 3 aromatic rings. The molecule has 26 heavy (non-hydrogen) atoms. The summed E-state index contributed by atoms with van der Waals surface area (Å²) < 4.78 is 1.95. The molecule has 3 rings (SSSR count). The van der Waals surface area contributed by atoms with Crippen molar-refractivity contribution in [3.63, 3.8) is 0 Å². The zero-order chi connectivity index (χ0) is 18.8. The van der Waals surface area contributed by atoms with Crippen molar-refractivity contribution >= 4 is 17.5 Å². The number of rotatable bonds is 5. The van der Waals surface area contributed by atoms with Crippen LogP contribution in [0.4, 0.5) is 0 Å². The molecule has 0 radical (unpaired) electrons. The summed E-state index contributed by atoms with van der Waals surface area (Å²) in [5, 5.41) is 9.35. The van der Waals surface area contributed by atoms with Crippen LogP contribution in [0, 0.1) is 27.7 Å². The lowest BCUT2D eigenvalue weighted by Crippen LogP contribution is -2.07. The van der Waals surface area contributed by atoms with E-state index >= 15 is 0 Å². The number of aryl methyl sites for hydroxylation is 4. The van der Waals surface area contributed by atoms with Crippen LogP contribution in [0.15, 0.2) is 41.6 Å². The molecule has 4 nitrogen and oxygen atoms in total. The van der Waals surface area contributed by atoms with Crippen molar-refractivity contribution in [2.24, 2.45) is 7.05 Å². The van der Waals surface area contributed by atoms with E-state index in [2.05, 4.69) is 36.2 Å². The van der Waals surface area contributed by atoms with Gasteiger partial charge in [0, 0.05) is 18.2 Å². The molecule has 0 unspecified atom stereocenters. The first-order valence-electron chi connectivity index (χ1n) is 8.57. The summed E-state index contributed by atoms with van der Waals surface area (Å²) in [6.45, 7) is 8.15. The van der Waals surface area contributed by atoms with E-state index in [0.29, 0.717) is 5.75 Å². The number of ketones is 1. The number of aromatic nitrogens is 3. The normalized spacial score (nSPS) is 11.0. The van der Waals surface area contributed by atoms with Gasteiger partial charge in [0.15, 0.2) is 16.8 Å². The maximum absolute atomic E-state index is 12.7. The third-order valence-electron chi connectivity index (χ3n) is 4.69. The van der Waals surface area contributed by atoms with Crippen LogP contribution in [0.25, 0.3) is 11.4 Å². The minimum atomic E-state index is 0.121. The van der Waals surface area contributed by atoms with Crippen LogP contribution in [0.3, 0.4) is 0 Å². The molecule has 0 atom stereocenters. The minimum absolute atomic E-state index is 0.121. The lowest BCUT2D eigenvalue weighted by Gasteiger charge is -2.09. The first-order chi connectivity index (χ1) is 12.4. The molecular formula is C21H23N3OS. The SMILES string of the molecule is Cc1cc(C)c(C(=O)CSc2nnc(-c3ccccc3C)n2C)cc1C. The van der Waals surface area contributed by atoms with Crippen LogP contribution < -0.4 is 0 Å². The summed E-state index contributed by atoms with van der Waals surface area (Å²) in [6.07, 6.45) is 0. The molecule has 0 aliphatic heterocycles. The Bertz CT molecular complexity index is 975. The van der Waals surface area contributed by atoms with Gasteiger partial charge in [0.05, 0.1) is 5.75 Å². The zero-order valence-electron chi connectivity index (χ0n) is 15.8. The second kappa shape index (κ2) is 7.46. The van der Waals surface area contributed by atoms with E-state index in [4.69, 9.17) is 0 Å². The summed E-state index contributed by atoms with van der Waals surface area (Å²) in [7, 11) is 1.94. The third-order valence-corrected chi connectivity index (χ3v) is 5.71. The Balaban J connectivity index is 1.78. The summed E-state index contributed by atoms with van der Waals surface area (Å²) in [5.41, 5.74) is 6.39. The van der Waals surface area contributed by atoms with Crippen LogP contribution >= 0.6 is 11.8 Å². The largest absolute Gasteiger partial charge is 0.305 e. The van der Waals surface area contributed by atoms with Gasteiger partial charge in [-0.05, 0) is 56.0 Å². The lowest BCUT2D eigenvalue weighted by molar-refractivity contribution is 0.102. The molecule has 2 aromatic carbocycles. The van der Waals surface area contributed by atoms with E-state index < -0.39 is 0 Å². The van der Waals surface area contributed by atoms with Crippen molar-refractivity contribution in [2.45, 2.75) is 32.9 Å². The van der Waals surface area contributed by atoms with Gasteiger partial charge in [0.25, 0.3) is 0 Å². The highest BCUT2D eigenvalue weighted by atomic mass is 32.2. The molecule has 0 saturated heterocycles. The zero-order valence-corrected chi connectivity index (χ0v) is 16.6. The molecule has 0 N–H and O–H groups in total. The van der Waals surface area contributed by atoms with Crippen molar-refractivity contribution < 1.29 is 4.79 Å². The van der Waals surface area contributed by atoms with Gasteiger partial charge in [-0.1, -0.05) is 42.1 Å². The van der Waals surface area contributed by atoms with Crippen molar-refractivity contribution in [1.82, 2.24) is 14.8 Å². The fourth-order valence-corrected chi connectivity index (χ4v) is 3.76. The quantitative estimate of drug-likeness (QED) is 0.486. The molecule has 0 saturated carbocycles. The van der Waals surface area contributed by atoms with E-state index in [-0.39, 0.29) is 5.78 Å². The number of benzene rings is 2. The number of hydrogen-bond acceptors (Lipinski definition) is 4. The van der Waals surface area contributed by atoms with Gasteiger partial charge >= 0.3 is 0 Å². The highest BCUT2D eigenvalue weighted by Gasteiger charge is 2.16. The van der Waals surface area contributed by atoms with Crippen LogP contribution in [0.1, 0.15) is 32.6 Å².